The summed E-state index contributed by atoms with van der Waals surface area (Å²) in [6, 6.07) is 15.6. The number of hydrogen-bond acceptors (Lipinski definition) is 4. The van der Waals surface area contributed by atoms with Crippen molar-refractivity contribution in [3.8, 4) is 0 Å². The molecule has 1 N–H and O–H groups in total. The van der Waals surface area contributed by atoms with E-state index in [1.54, 1.807) is 24.1 Å². The molecule has 0 spiro atoms. The van der Waals surface area contributed by atoms with Crippen LogP contribution in [-0.4, -0.2) is 50.3 Å². The Hall–Kier alpha value is -2.93. The number of halogens is 1. The summed E-state index contributed by atoms with van der Waals surface area (Å²) in [6.07, 6.45) is 1.48. The molecular weight excluding hydrogens is 399 g/mol. The standard InChI is InChI=1S/C24H29FN2O4/c1-30-17-5-14-26-23(29)31-24(20-6-3-2-4-7-20)12-15-27(16-13-24)22(28)18-19-8-10-21(25)11-9-19/h2-4,6-11H,5,12-18H2,1H3,(H,26,29). The summed E-state index contributed by atoms with van der Waals surface area (Å²) in [4.78, 5) is 27.0. The molecule has 0 saturated carbocycles. The average molecular weight is 429 g/mol. The van der Waals surface area contributed by atoms with Crippen LogP contribution in [-0.2, 0) is 26.3 Å². The Morgan fingerprint density at radius 3 is 2.39 bits per heavy atom. The number of hydrogen-bond donors (Lipinski definition) is 1. The molecule has 0 aliphatic carbocycles. The highest BCUT2D eigenvalue weighted by atomic mass is 19.1. The van der Waals surface area contributed by atoms with Crippen molar-refractivity contribution in [2.24, 2.45) is 0 Å². The second kappa shape index (κ2) is 10.9. The maximum absolute atomic E-state index is 13.1. The van der Waals surface area contributed by atoms with Gasteiger partial charge in [0.2, 0.25) is 5.91 Å². The second-order valence-electron chi connectivity index (χ2n) is 7.71. The zero-order valence-corrected chi connectivity index (χ0v) is 17.8. The topological polar surface area (TPSA) is 67.9 Å². The third-order valence-electron chi connectivity index (χ3n) is 5.57. The first kappa shape index (κ1) is 22.7. The highest BCUT2D eigenvalue weighted by molar-refractivity contribution is 5.79. The lowest BCUT2D eigenvalue weighted by molar-refractivity contribution is -0.135. The van der Waals surface area contributed by atoms with Crippen LogP contribution < -0.4 is 5.32 Å². The van der Waals surface area contributed by atoms with Crippen molar-refractivity contribution in [2.75, 3.05) is 33.4 Å². The van der Waals surface area contributed by atoms with E-state index in [1.165, 1.54) is 12.1 Å². The van der Waals surface area contributed by atoms with Crippen LogP contribution in [0.3, 0.4) is 0 Å². The summed E-state index contributed by atoms with van der Waals surface area (Å²) in [5.41, 5.74) is 0.921. The summed E-state index contributed by atoms with van der Waals surface area (Å²) in [5, 5.41) is 2.78. The lowest BCUT2D eigenvalue weighted by Gasteiger charge is -2.41. The van der Waals surface area contributed by atoms with Gasteiger partial charge in [-0.15, -0.1) is 0 Å². The molecule has 6 nitrogen and oxygen atoms in total. The van der Waals surface area contributed by atoms with Crippen LogP contribution in [0.25, 0.3) is 0 Å². The summed E-state index contributed by atoms with van der Waals surface area (Å²) in [5.74, 6) is -0.336. The maximum Gasteiger partial charge on any atom is 0.408 e. The van der Waals surface area contributed by atoms with Crippen LogP contribution in [0.2, 0.25) is 0 Å². The van der Waals surface area contributed by atoms with Gasteiger partial charge >= 0.3 is 6.09 Å². The first-order chi connectivity index (χ1) is 15.0. The normalized spacial score (nSPS) is 15.4. The Morgan fingerprint density at radius 1 is 1.06 bits per heavy atom. The minimum Gasteiger partial charge on any atom is -0.438 e. The third kappa shape index (κ3) is 6.28. The van der Waals surface area contributed by atoms with Crippen LogP contribution in [0.4, 0.5) is 9.18 Å². The number of carbonyl (C=O) groups is 2. The smallest absolute Gasteiger partial charge is 0.408 e. The second-order valence-corrected chi connectivity index (χ2v) is 7.71. The fourth-order valence-electron chi connectivity index (χ4n) is 3.82. The predicted octanol–water partition coefficient (Wildman–Crippen LogP) is 3.65. The minimum atomic E-state index is -0.779. The quantitative estimate of drug-likeness (QED) is 0.652. The number of amides is 2. The van der Waals surface area contributed by atoms with Gasteiger partial charge in [-0.1, -0.05) is 42.5 Å². The number of alkyl carbamates (subject to hydrolysis) is 1. The Kier molecular flexibility index (Phi) is 8.00. The van der Waals surface area contributed by atoms with E-state index in [9.17, 15) is 14.0 Å². The van der Waals surface area contributed by atoms with Crippen molar-refractivity contribution < 1.29 is 23.5 Å². The van der Waals surface area contributed by atoms with Crippen LogP contribution in [0.1, 0.15) is 30.4 Å². The Balaban J connectivity index is 1.63. The van der Waals surface area contributed by atoms with E-state index in [1.807, 2.05) is 30.3 Å². The fraction of sp³-hybridized carbons (Fsp3) is 0.417. The zero-order valence-electron chi connectivity index (χ0n) is 17.8. The molecule has 2 aromatic rings. The van der Waals surface area contributed by atoms with Gasteiger partial charge in [-0.25, -0.2) is 9.18 Å². The van der Waals surface area contributed by atoms with Gasteiger partial charge in [0.25, 0.3) is 0 Å². The lowest BCUT2D eigenvalue weighted by atomic mass is 9.84. The van der Waals surface area contributed by atoms with Crippen molar-refractivity contribution in [3.63, 3.8) is 0 Å². The number of benzene rings is 2. The van der Waals surface area contributed by atoms with Gasteiger partial charge in [-0.3, -0.25) is 4.79 Å². The number of nitrogens with one attached hydrogen (secondary N) is 1. The van der Waals surface area contributed by atoms with Crippen molar-refractivity contribution in [1.29, 1.82) is 0 Å². The predicted molar refractivity (Wildman–Crippen MR) is 115 cm³/mol. The largest absolute Gasteiger partial charge is 0.438 e. The molecule has 0 unspecified atom stereocenters. The molecule has 1 fully saturated rings. The fourth-order valence-corrected chi connectivity index (χ4v) is 3.82. The first-order valence-electron chi connectivity index (χ1n) is 10.6. The molecule has 0 radical (unpaired) electrons. The maximum atomic E-state index is 13.1. The molecule has 2 amide bonds. The van der Waals surface area contributed by atoms with E-state index in [0.717, 1.165) is 11.1 Å². The van der Waals surface area contributed by atoms with Crippen molar-refractivity contribution in [1.82, 2.24) is 10.2 Å². The van der Waals surface area contributed by atoms with Gasteiger partial charge in [0, 0.05) is 46.2 Å². The number of nitrogens with zero attached hydrogens (tertiary/aromatic N) is 1. The molecule has 1 aliphatic heterocycles. The van der Waals surface area contributed by atoms with Crippen LogP contribution in [0.15, 0.2) is 54.6 Å². The third-order valence-corrected chi connectivity index (χ3v) is 5.57. The highest BCUT2D eigenvalue weighted by Crippen LogP contribution is 2.37. The van der Waals surface area contributed by atoms with Crippen molar-refractivity contribution in [2.45, 2.75) is 31.3 Å². The lowest BCUT2D eigenvalue weighted by Crippen LogP contribution is -2.48. The van der Waals surface area contributed by atoms with E-state index < -0.39 is 11.7 Å². The average Bonchev–Trinajstić information content (AvgIpc) is 2.79. The number of ether oxygens (including phenoxy) is 2. The van der Waals surface area contributed by atoms with E-state index in [2.05, 4.69) is 5.32 Å². The van der Waals surface area contributed by atoms with Gasteiger partial charge < -0.3 is 19.7 Å². The molecule has 31 heavy (non-hydrogen) atoms. The monoisotopic (exact) mass is 428 g/mol. The number of piperidine rings is 1. The van der Waals surface area contributed by atoms with Crippen LogP contribution in [0.5, 0.6) is 0 Å². The summed E-state index contributed by atoms with van der Waals surface area (Å²) < 4.78 is 24.0. The molecule has 3 rings (SSSR count). The number of rotatable bonds is 8. The minimum absolute atomic E-state index is 0.0164. The van der Waals surface area contributed by atoms with E-state index in [4.69, 9.17) is 9.47 Å². The van der Waals surface area contributed by atoms with E-state index in [-0.39, 0.29) is 18.1 Å². The zero-order chi connectivity index (χ0) is 22.1. The SMILES string of the molecule is COCCCNC(=O)OC1(c2ccccc2)CCN(C(=O)Cc2ccc(F)cc2)CC1. The molecule has 7 heteroatoms. The van der Waals surface area contributed by atoms with E-state index >= 15 is 0 Å². The molecule has 1 aliphatic rings. The molecule has 166 valence electrons. The molecule has 0 bridgehead atoms. The Bertz CT molecular complexity index is 850. The molecule has 2 aromatic carbocycles. The van der Waals surface area contributed by atoms with E-state index in [0.29, 0.717) is 45.5 Å². The summed E-state index contributed by atoms with van der Waals surface area (Å²) in [6.45, 7) is 1.99. The summed E-state index contributed by atoms with van der Waals surface area (Å²) in [7, 11) is 1.62. The van der Waals surface area contributed by atoms with Crippen LogP contribution in [0, 0.1) is 5.82 Å². The molecule has 0 atom stereocenters. The number of likely N-dealkylation sites (tertiary alicyclic amines) is 1. The molecule has 0 aromatic heterocycles. The van der Waals surface area contributed by atoms with Gasteiger partial charge in [-0.2, -0.15) is 0 Å². The summed E-state index contributed by atoms with van der Waals surface area (Å²) >= 11 is 0. The van der Waals surface area contributed by atoms with Gasteiger partial charge in [0.05, 0.1) is 6.42 Å². The molecule has 1 saturated heterocycles. The number of methoxy groups -OCH3 is 1. The molecule has 1 heterocycles. The first-order valence-corrected chi connectivity index (χ1v) is 10.6. The molecular formula is C24H29FN2O4. The van der Waals surface area contributed by atoms with Crippen LogP contribution >= 0.6 is 0 Å². The van der Waals surface area contributed by atoms with Gasteiger partial charge in [-0.05, 0) is 29.7 Å². The Labute approximate surface area is 182 Å². The van der Waals surface area contributed by atoms with Crippen molar-refractivity contribution in [3.05, 3.63) is 71.5 Å². The van der Waals surface area contributed by atoms with Crippen molar-refractivity contribution >= 4 is 12.0 Å². The number of carbonyl (C=O) groups excluding carboxylic acids is 2. The Morgan fingerprint density at radius 2 is 1.74 bits per heavy atom. The highest BCUT2D eigenvalue weighted by Gasteiger charge is 2.40. The van der Waals surface area contributed by atoms with Gasteiger partial charge in [0.1, 0.15) is 11.4 Å². The van der Waals surface area contributed by atoms with Gasteiger partial charge in [0.15, 0.2) is 0 Å².